The SMILES string of the molecule is CCc1cc2c(=O)c(-c3scc(C)[n+]3C)c(C(=O)Oc3ccccc3)oc2cc1O. The monoisotopic (exact) mass is 422 g/mol. The van der Waals surface area contributed by atoms with Gasteiger partial charge in [0.05, 0.1) is 10.8 Å². The van der Waals surface area contributed by atoms with E-state index in [4.69, 9.17) is 9.15 Å². The number of carbonyl (C=O) groups excluding carboxylic acids is 1. The van der Waals surface area contributed by atoms with Crippen LogP contribution in [-0.2, 0) is 13.5 Å². The number of aryl methyl sites for hydroxylation is 2. The van der Waals surface area contributed by atoms with Crippen molar-refractivity contribution >= 4 is 28.3 Å². The van der Waals surface area contributed by atoms with Crippen LogP contribution in [0, 0.1) is 6.92 Å². The van der Waals surface area contributed by atoms with E-state index < -0.39 is 5.97 Å². The quantitative estimate of drug-likeness (QED) is 0.304. The summed E-state index contributed by atoms with van der Waals surface area (Å²) in [4.78, 5) is 26.5. The first-order valence-corrected chi connectivity index (χ1v) is 10.3. The highest BCUT2D eigenvalue weighted by atomic mass is 32.1. The van der Waals surface area contributed by atoms with Gasteiger partial charge >= 0.3 is 5.97 Å². The summed E-state index contributed by atoms with van der Waals surface area (Å²) in [5, 5.41) is 13.0. The lowest BCUT2D eigenvalue weighted by Gasteiger charge is -2.09. The van der Waals surface area contributed by atoms with Crippen molar-refractivity contribution < 1.29 is 23.6 Å². The number of ether oxygens (including phenoxy) is 1. The van der Waals surface area contributed by atoms with Gasteiger partial charge in [-0.25, -0.2) is 4.79 Å². The van der Waals surface area contributed by atoms with Crippen LogP contribution in [0.5, 0.6) is 11.5 Å². The number of aromatic hydroxyl groups is 1. The molecule has 0 saturated heterocycles. The zero-order chi connectivity index (χ0) is 21.4. The second-order valence-corrected chi connectivity index (χ2v) is 7.77. The topological polar surface area (TPSA) is 80.6 Å². The molecule has 0 fully saturated rings. The molecule has 4 aromatic rings. The molecule has 2 aromatic heterocycles. The smallest absolute Gasteiger partial charge is 0.380 e. The zero-order valence-corrected chi connectivity index (χ0v) is 17.6. The fourth-order valence-electron chi connectivity index (χ4n) is 3.22. The summed E-state index contributed by atoms with van der Waals surface area (Å²) in [5.41, 5.74) is 1.51. The Labute approximate surface area is 176 Å². The third-order valence-electron chi connectivity index (χ3n) is 5.00. The normalized spacial score (nSPS) is 11.0. The number of fused-ring (bicyclic) bond motifs is 1. The van der Waals surface area contributed by atoms with Crippen molar-refractivity contribution in [3.05, 3.63) is 75.1 Å². The maximum absolute atomic E-state index is 13.5. The van der Waals surface area contributed by atoms with Crippen LogP contribution >= 0.6 is 11.3 Å². The molecule has 0 aliphatic carbocycles. The van der Waals surface area contributed by atoms with E-state index >= 15 is 0 Å². The maximum Gasteiger partial charge on any atom is 0.380 e. The van der Waals surface area contributed by atoms with Gasteiger partial charge in [0.25, 0.3) is 5.01 Å². The van der Waals surface area contributed by atoms with Gasteiger partial charge in [0.1, 0.15) is 24.1 Å². The molecule has 152 valence electrons. The van der Waals surface area contributed by atoms with Gasteiger partial charge in [-0.2, -0.15) is 4.57 Å². The first-order chi connectivity index (χ1) is 14.4. The summed E-state index contributed by atoms with van der Waals surface area (Å²) in [6.07, 6.45) is 0.556. The largest absolute Gasteiger partial charge is 0.508 e. The zero-order valence-electron chi connectivity index (χ0n) is 16.8. The third kappa shape index (κ3) is 3.37. The summed E-state index contributed by atoms with van der Waals surface area (Å²) >= 11 is 1.35. The van der Waals surface area contributed by atoms with E-state index in [0.29, 0.717) is 28.1 Å². The van der Waals surface area contributed by atoms with E-state index in [0.717, 1.165) is 5.69 Å². The van der Waals surface area contributed by atoms with Crippen LogP contribution in [0.4, 0.5) is 0 Å². The number of thiazole rings is 1. The number of aromatic nitrogens is 1. The first-order valence-electron chi connectivity index (χ1n) is 9.45. The van der Waals surface area contributed by atoms with Gasteiger partial charge in [0.2, 0.25) is 11.2 Å². The van der Waals surface area contributed by atoms with E-state index in [1.807, 2.05) is 30.8 Å². The van der Waals surface area contributed by atoms with E-state index in [-0.39, 0.29) is 28.1 Å². The minimum absolute atomic E-state index is 0.0146. The van der Waals surface area contributed by atoms with Gasteiger partial charge < -0.3 is 14.3 Å². The molecule has 0 unspecified atom stereocenters. The Morgan fingerprint density at radius 1 is 1.23 bits per heavy atom. The van der Waals surface area contributed by atoms with E-state index in [1.165, 1.54) is 17.4 Å². The molecule has 0 radical (unpaired) electrons. The molecule has 0 amide bonds. The Bertz CT molecular complexity index is 1320. The number of para-hydroxylation sites is 1. The first kappa shape index (κ1) is 19.8. The van der Waals surface area contributed by atoms with Crippen LogP contribution in [0.3, 0.4) is 0 Å². The lowest BCUT2D eigenvalue weighted by atomic mass is 10.1. The Morgan fingerprint density at radius 2 is 1.97 bits per heavy atom. The number of esters is 1. The number of rotatable bonds is 4. The van der Waals surface area contributed by atoms with Crippen molar-refractivity contribution in [3.63, 3.8) is 0 Å². The number of carbonyl (C=O) groups is 1. The summed E-state index contributed by atoms with van der Waals surface area (Å²) in [6.45, 7) is 3.80. The van der Waals surface area contributed by atoms with Crippen LogP contribution in [0.15, 0.2) is 57.1 Å². The standard InChI is InChI=1S/C23H19NO5S/c1-4-14-10-16-18(11-17(14)25)29-21(23(27)28-15-8-6-5-7-9-15)19(20(16)26)22-24(3)13(2)12-30-22/h5-12H,4H2,1-3H3/p+1. The molecule has 2 heterocycles. The highest BCUT2D eigenvalue weighted by Gasteiger charge is 2.31. The van der Waals surface area contributed by atoms with Crippen molar-refractivity contribution in [3.8, 4) is 22.1 Å². The minimum atomic E-state index is -0.777. The number of nitrogens with zero attached hydrogens (tertiary/aromatic N) is 1. The Hall–Kier alpha value is -3.45. The Morgan fingerprint density at radius 3 is 2.60 bits per heavy atom. The van der Waals surface area contributed by atoms with Crippen molar-refractivity contribution in [2.45, 2.75) is 20.3 Å². The molecule has 6 nitrogen and oxygen atoms in total. The highest BCUT2D eigenvalue weighted by Crippen LogP contribution is 2.30. The molecular weight excluding hydrogens is 402 g/mol. The summed E-state index contributed by atoms with van der Waals surface area (Å²) in [7, 11) is 1.82. The molecule has 0 saturated carbocycles. The molecule has 0 aliphatic rings. The van der Waals surface area contributed by atoms with Crippen LogP contribution in [0.25, 0.3) is 21.5 Å². The molecular formula is C23H20NO5S+. The van der Waals surface area contributed by atoms with Crippen molar-refractivity contribution in [1.82, 2.24) is 0 Å². The number of hydrogen-bond donors (Lipinski definition) is 1. The van der Waals surface area contributed by atoms with Gasteiger partial charge in [-0.15, -0.1) is 0 Å². The van der Waals surface area contributed by atoms with Crippen molar-refractivity contribution in [2.24, 2.45) is 7.05 Å². The predicted octanol–water partition coefficient (Wildman–Crippen LogP) is 4.14. The highest BCUT2D eigenvalue weighted by molar-refractivity contribution is 7.12. The number of benzene rings is 2. The van der Waals surface area contributed by atoms with Crippen LogP contribution in [0.1, 0.15) is 28.7 Å². The minimum Gasteiger partial charge on any atom is -0.508 e. The average molecular weight is 422 g/mol. The lowest BCUT2D eigenvalue weighted by molar-refractivity contribution is -0.662. The molecule has 7 heteroatoms. The molecule has 1 N–H and O–H groups in total. The maximum atomic E-state index is 13.5. The van der Waals surface area contributed by atoms with Gasteiger partial charge in [-0.3, -0.25) is 4.79 Å². The fraction of sp³-hybridized carbons (Fsp3) is 0.174. The number of phenols is 1. The molecule has 2 aromatic carbocycles. The van der Waals surface area contributed by atoms with E-state index in [2.05, 4.69) is 0 Å². The summed E-state index contributed by atoms with van der Waals surface area (Å²) < 4.78 is 13.2. The van der Waals surface area contributed by atoms with Crippen molar-refractivity contribution in [2.75, 3.05) is 0 Å². The Kier molecular flexibility index (Phi) is 5.13. The summed E-state index contributed by atoms with van der Waals surface area (Å²) in [6, 6.07) is 11.6. The summed E-state index contributed by atoms with van der Waals surface area (Å²) in [5.74, 6) is -0.620. The molecule has 0 bridgehead atoms. The average Bonchev–Trinajstić information content (AvgIpc) is 3.06. The number of phenolic OH excluding ortho intramolecular Hbond substituents is 1. The van der Waals surface area contributed by atoms with Crippen LogP contribution in [-0.4, -0.2) is 11.1 Å². The molecule has 0 aliphatic heterocycles. The molecule has 4 rings (SSSR count). The van der Waals surface area contributed by atoms with Gasteiger partial charge in [-0.1, -0.05) is 36.5 Å². The molecule has 0 spiro atoms. The third-order valence-corrected chi connectivity index (χ3v) is 6.16. The van der Waals surface area contributed by atoms with Gasteiger partial charge in [-0.05, 0) is 30.2 Å². The van der Waals surface area contributed by atoms with E-state index in [9.17, 15) is 14.7 Å². The molecule has 0 atom stereocenters. The Balaban J connectivity index is 1.99. The lowest BCUT2D eigenvalue weighted by Crippen LogP contribution is -2.33. The van der Waals surface area contributed by atoms with Crippen LogP contribution < -0.4 is 14.7 Å². The van der Waals surface area contributed by atoms with Gasteiger partial charge in [0.15, 0.2) is 11.3 Å². The number of hydrogen-bond acceptors (Lipinski definition) is 6. The van der Waals surface area contributed by atoms with Crippen LogP contribution in [0.2, 0.25) is 0 Å². The second-order valence-electron chi connectivity index (χ2n) is 6.91. The fourth-order valence-corrected chi connectivity index (χ4v) is 4.27. The second kappa shape index (κ2) is 7.76. The predicted molar refractivity (Wildman–Crippen MR) is 114 cm³/mol. The molecule has 30 heavy (non-hydrogen) atoms. The van der Waals surface area contributed by atoms with E-state index in [1.54, 1.807) is 36.4 Å². The van der Waals surface area contributed by atoms with Gasteiger partial charge in [0, 0.05) is 13.0 Å². The van der Waals surface area contributed by atoms with Crippen molar-refractivity contribution in [1.29, 1.82) is 0 Å².